The Morgan fingerprint density at radius 2 is 1.61 bits per heavy atom. The van der Waals surface area contributed by atoms with Gasteiger partial charge >= 0.3 is 0 Å². The van der Waals surface area contributed by atoms with E-state index in [9.17, 15) is 0 Å². The van der Waals surface area contributed by atoms with Crippen LogP contribution in [0.25, 0.3) is 23.3 Å². The third kappa shape index (κ3) is 1.38. The molecule has 0 atom stereocenters. The summed E-state index contributed by atoms with van der Waals surface area (Å²) in [4.78, 5) is 0. The second-order valence-corrected chi connectivity index (χ2v) is 5.24. The first-order valence-electron chi connectivity index (χ1n) is 6.84. The van der Waals surface area contributed by atoms with Crippen LogP contribution in [-0.4, -0.2) is 0 Å². The van der Waals surface area contributed by atoms with Crippen LogP contribution >= 0.6 is 0 Å². The maximum Gasteiger partial charge on any atom is -0.0143 e. The Morgan fingerprint density at radius 3 is 2.61 bits per heavy atom. The highest BCUT2D eigenvalue weighted by Gasteiger charge is 2.16. The summed E-state index contributed by atoms with van der Waals surface area (Å²) < 4.78 is 0. The van der Waals surface area contributed by atoms with E-state index in [1.54, 1.807) is 5.56 Å². The Bertz CT molecular complexity index is 735. The van der Waals surface area contributed by atoms with Crippen LogP contribution in [0.4, 0.5) is 0 Å². The summed E-state index contributed by atoms with van der Waals surface area (Å²) >= 11 is 0. The summed E-state index contributed by atoms with van der Waals surface area (Å²) in [6.45, 7) is 0. The maximum atomic E-state index is 2.43. The highest BCUT2D eigenvalue weighted by atomic mass is 14.2. The van der Waals surface area contributed by atoms with Gasteiger partial charge < -0.3 is 0 Å². The van der Waals surface area contributed by atoms with Crippen molar-refractivity contribution in [2.45, 2.75) is 25.7 Å². The average molecular weight is 232 g/mol. The van der Waals surface area contributed by atoms with Crippen molar-refractivity contribution in [1.29, 1.82) is 0 Å². The van der Waals surface area contributed by atoms with Crippen molar-refractivity contribution in [2.75, 3.05) is 0 Å². The monoisotopic (exact) mass is 232 g/mol. The van der Waals surface area contributed by atoms with E-state index in [4.69, 9.17) is 0 Å². The Labute approximate surface area is 107 Å². The molecule has 0 N–H and O–H groups in total. The molecular weight excluding hydrogens is 216 g/mol. The predicted molar refractivity (Wildman–Crippen MR) is 76.7 cm³/mol. The zero-order valence-electron chi connectivity index (χ0n) is 10.4. The molecule has 0 nitrogen and oxygen atoms in total. The first-order valence-corrected chi connectivity index (χ1v) is 6.84. The van der Waals surface area contributed by atoms with Gasteiger partial charge in [-0.25, -0.2) is 0 Å². The minimum absolute atomic E-state index is 1.19. The maximum absolute atomic E-state index is 2.43. The van der Waals surface area contributed by atoms with E-state index in [1.165, 1.54) is 52.8 Å². The molecule has 0 aliphatic heterocycles. The lowest BCUT2D eigenvalue weighted by atomic mass is 9.83. The lowest BCUT2D eigenvalue weighted by molar-refractivity contribution is 0.926. The van der Waals surface area contributed by atoms with Gasteiger partial charge in [-0.15, -0.1) is 0 Å². The lowest BCUT2D eigenvalue weighted by Gasteiger charge is -2.21. The molecule has 88 valence electrons. The second-order valence-electron chi connectivity index (χ2n) is 5.24. The fourth-order valence-corrected chi connectivity index (χ4v) is 3.35. The van der Waals surface area contributed by atoms with E-state index in [1.807, 2.05) is 0 Å². The number of hydrogen-bond donors (Lipinski definition) is 0. The first-order chi connectivity index (χ1) is 8.93. The van der Waals surface area contributed by atoms with Crippen LogP contribution < -0.4 is 10.4 Å². The van der Waals surface area contributed by atoms with Gasteiger partial charge in [0.15, 0.2) is 0 Å². The lowest BCUT2D eigenvalue weighted by Crippen LogP contribution is -2.32. The normalized spacial score (nSPS) is 15.8. The number of hydrogen-bond acceptors (Lipinski definition) is 0. The zero-order chi connectivity index (χ0) is 11.9. The number of rotatable bonds is 0. The van der Waals surface area contributed by atoms with Crippen LogP contribution in [0, 0.1) is 0 Å². The molecule has 18 heavy (non-hydrogen) atoms. The van der Waals surface area contributed by atoms with Crippen molar-refractivity contribution in [3.05, 3.63) is 58.0 Å². The van der Waals surface area contributed by atoms with Gasteiger partial charge in [-0.1, -0.05) is 48.6 Å². The van der Waals surface area contributed by atoms with Gasteiger partial charge in [0, 0.05) is 0 Å². The van der Waals surface area contributed by atoms with E-state index in [0.29, 0.717) is 0 Å². The molecule has 0 saturated heterocycles. The van der Waals surface area contributed by atoms with E-state index in [2.05, 4.69) is 48.6 Å². The molecule has 0 radical (unpaired) electrons. The summed E-state index contributed by atoms with van der Waals surface area (Å²) in [6, 6.07) is 13.5. The van der Waals surface area contributed by atoms with Crippen LogP contribution in [0.3, 0.4) is 0 Å². The molecule has 2 aliphatic rings. The molecule has 0 heterocycles. The largest absolute Gasteiger partial charge is 0.0764 e. The van der Waals surface area contributed by atoms with Crippen molar-refractivity contribution in [1.82, 2.24) is 0 Å². The smallest absolute Gasteiger partial charge is 0.0143 e. The van der Waals surface area contributed by atoms with Crippen LogP contribution in [-0.2, 0) is 12.8 Å². The third-order valence-electron chi connectivity index (χ3n) is 4.22. The summed E-state index contributed by atoms with van der Waals surface area (Å²) in [6.07, 6.45) is 9.60. The average Bonchev–Trinajstić information content (AvgIpc) is 2.46. The minimum atomic E-state index is 1.19. The first kappa shape index (κ1) is 10.1. The Kier molecular flexibility index (Phi) is 2.16. The molecule has 4 rings (SSSR count). The van der Waals surface area contributed by atoms with Gasteiger partial charge in [0.05, 0.1) is 0 Å². The number of aryl methyl sites for hydroxylation is 1. The molecule has 0 aromatic heterocycles. The quantitative estimate of drug-likeness (QED) is 0.655. The van der Waals surface area contributed by atoms with Gasteiger partial charge in [-0.3, -0.25) is 0 Å². The molecule has 0 fully saturated rings. The molecule has 2 aliphatic carbocycles. The van der Waals surface area contributed by atoms with E-state index < -0.39 is 0 Å². The third-order valence-corrected chi connectivity index (χ3v) is 4.22. The van der Waals surface area contributed by atoms with Gasteiger partial charge in [0.25, 0.3) is 0 Å². The Balaban J connectivity index is 2.09. The van der Waals surface area contributed by atoms with Crippen molar-refractivity contribution >= 4 is 12.2 Å². The van der Waals surface area contributed by atoms with Crippen molar-refractivity contribution < 1.29 is 0 Å². The SMILES string of the molecule is C1=c2ccc3c(c2=CCC1)CCc1ccccc1-3. The van der Waals surface area contributed by atoms with Gasteiger partial charge in [0.1, 0.15) is 0 Å². The van der Waals surface area contributed by atoms with Crippen LogP contribution in [0.5, 0.6) is 0 Å². The molecule has 0 heteroatoms. The molecule has 0 saturated carbocycles. The topological polar surface area (TPSA) is 0 Å². The molecule has 2 aromatic carbocycles. The highest BCUT2D eigenvalue weighted by Crippen LogP contribution is 2.31. The summed E-state index contributed by atoms with van der Waals surface area (Å²) in [5.41, 5.74) is 5.98. The van der Waals surface area contributed by atoms with Crippen LogP contribution in [0.2, 0.25) is 0 Å². The summed E-state index contributed by atoms with van der Waals surface area (Å²) in [7, 11) is 0. The Morgan fingerprint density at radius 1 is 0.722 bits per heavy atom. The van der Waals surface area contributed by atoms with E-state index in [-0.39, 0.29) is 0 Å². The Hall–Kier alpha value is -1.82. The van der Waals surface area contributed by atoms with Gasteiger partial charge in [-0.2, -0.15) is 0 Å². The molecule has 0 spiro atoms. The highest BCUT2D eigenvalue weighted by molar-refractivity contribution is 5.73. The number of benzene rings is 2. The van der Waals surface area contributed by atoms with E-state index >= 15 is 0 Å². The fraction of sp³-hybridized carbons (Fsp3) is 0.222. The van der Waals surface area contributed by atoms with E-state index in [0.717, 1.165) is 0 Å². The molecule has 0 bridgehead atoms. The molecule has 0 amide bonds. The molecule has 2 aromatic rings. The van der Waals surface area contributed by atoms with Crippen molar-refractivity contribution in [3.8, 4) is 11.1 Å². The van der Waals surface area contributed by atoms with Crippen LogP contribution in [0.15, 0.2) is 36.4 Å². The van der Waals surface area contributed by atoms with Crippen molar-refractivity contribution in [3.63, 3.8) is 0 Å². The summed E-state index contributed by atoms with van der Waals surface area (Å²) in [5.74, 6) is 0. The standard InChI is InChI=1S/C18H16/c1-3-7-15-13(5-1)9-11-18-16-8-4-2-6-14(16)10-12-17(15)18/h1,3,5-8,10,12H,2,4,9,11H2. The molecular formula is C18H16. The van der Waals surface area contributed by atoms with Gasteiger partial charge in [0.2, 0.25) is 0 Å². The van der Waals surface area contributed by atoms with Crippen LogP contribution in [0.1, 0.15) is 24.0 Å². The number of fused-ring (bicyclic) bond motifs is 5. The summed E-state index contributed by atoms with van der Waals surface area (Å²) in [5, 5.41) is 2.95. The predicted octanol–water partition coefficient (Wildman–Crippen LogP) is 2.81. The zero-order valence-corrected chi connectivity index (χ0v) is 10.4. The minimum Gasteiger partial charge on any atom is -0.0764 e. The molecule has 0 unspecified atom stereocenters. The fourth-order valence-electron chi connectivity index (χ4n) is 3.35. The van der Waals surface area contributed by atoms with Crippen molar-refractivity contribution in [2.24, 2.45) is 0 Å². The second kappa shape index (κ2) is 3.84. The van der Waals surface area contributed by atoms with Gasteiger partial charge in [-0.05, 0) is 58.4 Å².